The summed E-state index contributed by atoms with van der Waals surface area (Å²) in [5.41, 5.74) is 5.09. The highest BCUT2D eigenvalue weighted by Gasteiger charge is 2.19. The Hall–Kier alpha value is -3.06. The number of carbonyl (C=O) groups excluding carboxylic acids is 1. The Morgan fingerprint density at radius 2 is 1.48 bits per heavy atom. The second-order valence-corrected chi connectivity index (χ2v) is 12.3. The summed E-state index contributed by atoms with van der Waals surface area (Å²) in [4.78, 5) is 25.8. The fourth-order valence-electron chi connectivity index (χ4n) is 6.45. The van der Waals surface area contributed by atoms with Gasteiger partial charge in [0.15, 0.2) is 0 Å². The monoisotopic (exact) mass is 572 g/mol. The van der Waals surface area contributed by atoms with E-state index in [9.17, 15) is 4.79 Å². The van der Waals surface area contributed by atoms with E-state index in [4.69, 9.17) is 4.98 Å². The van der Waals surface area contributed by atoms with Crippen LogP contribution in [0, 0.1) is 0 Å². The van der Waals surface area contributed by atoms with Crippen molar-refractivity contribution in [3.05, 3.63) is 48.0 Å². The van der Waals surface area contributed by atoms with E-state index in [1.807, 2.05) is 17.0 Å². The van der Waals surface area contributed by atoms with Gasteiger partial charge in [0.25, 0.3) is 5.91 Å². The molecule has 5 rings (SSSR count). The Balaban J connectivity index is 1.38. The Kier molecular flexibility index (Phi) is 11.2. The highest BCUT2D eigenvalue weighted by atomic mass is 16.2. The summed E-state index contributed by atoms with van der Waals surface area (Å²) in [6.07, 6.45) is 13.2. The molecule has 0 aliphatic carbocycles. The molecule has 0 bridgehead atoms. The quantitative estimate of drug-likeness (QED) is 0.215. The average Bonchev–Trinajstić information content (AvgIpc) is 3.38. The number of imidazole rings is 1. The van der Waals surface area contributed by atoms with Crippen molar-refractivity contribution in [2.75, 3.05) is 56.0 Å². The summed E-state index contributed by atoms with van der Waals surface area (Å²) < 4.78 is 2.30. The molecule has 7 heteroatoms. The lowest BCUT2D eigenvalue weighted by Gasteiger charge is -2.28. The van der Waals surface area contributed by atoms with E-state index >= 15 is 0 Å². The predicted molar refractivity (Wildman–Crippen MR) is 176 cm³/mol. The van der Waals surface area contributed by atoms with E-state index in [1.165, 1.54) is 57.3 Å². The van der Waals surface area contributed by atoms with Crippen molar-refractivity contribution in [2.24, 2.45) is 0 Å². The Labute approximate surface area is 253 Å². The van der Waals surface area contributed by atoms with Gasteiger partial charge in [-0.2, -0.15) is 0 Å². The van der Waals surface area contributed by atoms with Crippen molar-refractivity contribution < 1.29 is 4.79 Å². The zero-order valence-corrected chi connectivity index (χ0v) is 26.1. The number of hydrogen-bond acceptors (Lipinski definition) is 5. The zero-order chi connectivity index (χ0) is 29.1. The summed E-state index contributed by atoms with van der Waals surface area (Å²) >= 11 is 0. The number of nitrogens with one attached hydrogen (secondary N) is 1. The number of rotatable bonds is 14. The summed E-state index contributed by atoms with van der Waals surface area (Å²) in [5.74, 6) is 0.996. The van der Waals surface area contributed by atoms with Crippen LogP contribution in [0.1, 0.15) is 94.8 Å². The van der Waals surface area contributed by atoms with Crippen LogP contribution in [0.4, 0.5) is 17.3 Å². The lowest BCUT2D eigenvalue weighted by atomic mass is 10.1. The van der Waals surface area contributed by atoms with Gasteiger partial charge >= 0.3 is 0 Å². The van der Waals surface area contributed by atoms with Crippen LogP contribution in [0.25, 0.3) is 11.0 Å². The molecule has 3 aromatic rings. The van der Waals surface area contributed by atoms with E-state index in [0.717, 1.165) is 99.6 Å². The molecule has 42 heavy (non-hydrogen) atoms. The zero-order valence-electron chi connectivity index (χ0n) is 26.1. The summed E-state index contributed by atoms with van der Waals surface area (Å²) in [5, 5.41) is 3.63. The number of amides is 1. The Bertz CT molecular complexity index is 1250. The lowest BCUT2D eigenvalue weighted by molar-refractivity contribution is 0.0751. The minimum Gasteiger partial charge on any atom is -0.372 e. The topological polar surface area (TPSA) is 56.6 Å². The highest BCUT2D eigenvalue weighted by Crippen LogP contribution is 2.27. The highest BCUT2D eigenvalue weighted by molar-refractivity contribution is 5.98. The number of likely N-dealkylation sites (tertiary alicyclic amines) is 1. The summed E-state index contributed by atoms with van der Waals surface area (Å²) in [7, 11) is 0. The van der Waals surface area contributed by atoms with Crippen LogP contribution in [-0.4, -0.2) is 71.1 Å². The van der Waals surface area contributed by atoms with E-state index in [0.29, 0.717) is 0 Å². The first-order chi connectivity index (χ1) is 20.7. The SMILES string of the molecule is CCCCN(CCCC)C(=O)c1ccc2nc(Nc3ccc(N4CCCCC4)cc3)n(CCCN3CCCCC3)c2c1. The van der Waals surface area contributed by atoms with E-state index in [1.54, 1.807) is 0 Å². The maximum Gasteiger partial charge on any atom is 0.253 e. The number of carbonyl (C=O) groups is 1. The van der Waals surface area contributed by atoms with Crippen molar-refractivity contribution in [3.8, 4) is 0 Å². The van der Waals surface area contributed by atoms with Gasteiger partial charge in [-0.1, -0.05) is 33.1 Å². The molecule has 2 fully saturated rings. The lowest BCUT2D eigenvalue weighted by Crippen LogP contribution is -2.33. The van der Waals surface area contributed by atoms with Crippen molar-refractivity contribution in [3.63, 3.8) is 0 Å². The van der Waals surface area contributed by atoms with Crippen molar-refractivity contribution >= 4 is 34.3 Å². The molecule has 0 spiro atoms. The third kappa shape index (κ3) is 7.85. The molecule has 0 atom stereocenters. The van der Waals surface area contributed by atoms with Crippen LogP contribution in [0.2, 0.25) is 0 Å². The van der Waals surface area contributed by atoms with Gasteiger partial charge in [-0.15, -0.1) is 0 Å². The van der Waals surface area contributed by atoms with Crippen LogP contribution in [0.5, 0.6) is 0 Å². The fraction of sp³-hybridized carbons (Fsp3) is 0.600. The van der Waals surface area contributed by atoms with Crippen LogP contribution < -0.4 is 10.2 Å². The van der Waals surface area contributed by atoms with Crippen molar-refractivity contribution in [2.45, 2.75) is 91.0 Å². The maximum atomic E-state index is 13.7. The van der Waals surface area contributed by atoms with Gasteiger partial charge in [0.2, 0.25) is 5.95 Å². The first-order valence-corrected chi connectivity index (χ1v) is 16.8. The normalized spacial score (nSPS) is 16.2. The molecule has 2 aliphatic heterocycles. The van der Waals surface area contributed by atoms with E-state index in [-0.39, 0.29) is 5.91 Å². The first-order valence-electron chi connectivity index (χ1n) is 16.8. The Morgan fingerprint density at radius 1 is 0.810 bits per heavy atom. The molecule has 228 valence electrons. The van der Waals surface area contributed by atoms with Crippen LogP contribution in [0.3, 0.4) is 0 Å². The number of fused-ring (bicyclic) bond motifs is 1. The van der Waals surface area contributed by atoms with Gasteiger partial charge < -0.3 is 24.6 Å². The number of piperidine rings is 2. The van der Waals surface area contributed by atoms with E-state index in [2.05, 4.69) is 63.9 Å². The minimum absolute atomic E-state index is 0.141. The maximum absolute atomic E-state index is 13.7. The third-order valence-electron chi connectivity index (χ3n) is 8.99. The summed E-state index contributed by atoms with van der Waals surface area (Å²) in [6, 6.07) is 14.9. The van der Waals surface area contributed by atoms with Gasteiger partial charge in [0, 0.05) is 49.7 Å². The average molecular weight is 573 g/mol. The molecule has 2 aromatic carbocycles. The first kappa shape index (κ1) is 30.4. The molecule has 7 nitrogen and oxygen atoms in total. The van der Waals surface area contributed by atoms with E-state index < -0.39 is 0 Å². The molecule has 0 radical (unpaired) electrons. The Morgan fingerprint density at radius 3 is 2.14 bits per heavy atom. The van der Waals surface area contributed by atoms with Crippen LogP contribution in [0.15, 0.2) is 42.5 Å². The number of benzene rings is 2. The standard InChI is InChI=1S/C35H52N6O/c1-3-5-23-40(24-6-4-2)34(42)29-14-19-32-33(28-29)41(27-13-22-38-20-9-7-10-21-38)35(37-32)36-30-15-17-31(18-16-30)39-25-11-8-12-26-39/h14-19,28H,3-13,20-27H2,1-2H3,(H,36,37). The number of nitrogens with zero attached hydrogens (tertiary/aromatic N) is 5. The second kappa shape index (κ2) is 15.4. The number of aryl methyl sites for hydroxylation is 1. The van der Waals surface area contributed by atoms with Crippen LogP contribution in [-0.2, 0) is 6.54 Å². The van der Waals surface area contributed by atoms with Gasteiger partial charge in [0.1, 0.15) is 0 Å². The smallest absolute Gasteiger partial charge is 0.253 e. The fourth-order valence-corrected chi connectivity index (χ4v) is 6.45. The molecule has 1 N–H and O–H groups in total. The van der Waals surface area contributed by atoms with Gasteiger partial charge in [-0.3, -0.25) is 4.79 Å². The molecule has 1 amide bonds. The molecule has 2 saturated heterocycles. The third-order valence-corrected chi connectivity index (χ3v) is 8.99. The molecule has 0 saturated carbocycles. The number of anilines is 3. The molecule has 3 heterocycles. The molecule has 1 aromatic heterocycles. The number of unbranched alkanes of at least 4 members (excludes halogenated alkanes) is 2. The van der Waals surface area contributed by atoms with Crippen LogP contribution >= 0.6 is 0 Å². The molecule has 0 unspecified atom stereocenters. The van der Waals surface area contributed by atoms with Crippen molar-refractivity contribution in [1.29, 1.82) is 0 Å². The predicted octanol–water partition coefficient (Wildman–Crippen LogP) is 7.69. The van der Waals surface area contributed by atoms with Gasteiger partial charge in [-0.25, -0.2) is 4.98 Å². The minimum atomic E-state index is 0.141. The number of aromatic nitrogens is 2. The number of hydrogen-bond donors (Lipinski definition) is 1. The van der Waals surface area contributed by atoms with Crippen molar-refractivity contribution in [1.82, 2.24) is 19.4 Å². The largest absolute Gasteiger partial charge is 0.372 e. The van der Waals surface area contributed by atoms with Gasteiger partial charge in [0.05, 0.1) is 11.0 Å². The summed E-state index contributed by atoms with van der Waals surface area (Å²) in [6.45, 7) is 12.7. The molecular weight excluding hydrogens is 520 g/mol. The van der Waals surface area contributed by atoms with Gasteiger partial charge in [-0.05, 0) is 113 Å². The molecular formula is C35H52N6O. The second-order valence-electron chi connectivity index (χ2n) is 12.3. The molecule has 2 aliphatic rings.